The number of carbonyl (C=O) groups is 1. The molecule has 1 aliphatic heterocycles. The van der Waals surface area contributed by atoms with E-state index in [1.807, 2.05) is 32.9 Å². The molecule has 6 nitrogen and oxygen atoms in total. The van der Waals surface area contributed by atoms with Gasteiger partial charge in [0.25, 0.3) is 0 Å². The first-order valence-electron chi connectivity index (χ1n) is 7.82. The van der Waals surface area contributed by atoms with Gasteiger partial charge in [-0.3, -0.25) is 0 Å². The molecule has 0 saturated carbocycles. The first-order valence-corrected chi connectivity index (χ1v) is 7.82. The van der Waals surface area contributed by atoms with Crippen molar-refractivity contribution in [1.29, 1.82) is 0 Å². The van der Waals surface area contributed by atoms with E-state index in [1.165, 1.54) is 0 Å². The number of carbonyl (C=O) groups excluding carboxylic acids is 1. The highest BCUT2D eigenvalue weighted by atomic mass is 16.5. The zero-order chi connectivity index (χ0) is 15.9. The van der Waals surface area contributed by atoms with Gasteiger partial charge >= 0.3 is 6.03 Å². The lowest BCUT2D eigenvalue weighted by atomic mass is 10.1. The standard InChI is InChI=1S/C16H25N3O3/c1-11(2)22-15-13(6-4-8-17-15)10-18-16(20)19-12(3)14-7-5-9-21-14/h4,6,8,11-12,14H,5,7,9-10H2,1-3H3,(H2,18,19,20). The minimum atomic E-state index is -0.206. The number of pyridine rings is 1. The number of nitrogens with zero attached hydrogens (tertiary/aromatic N) is 1. The van der Waals surface area contributed by atoms with Crippen molar-refractivity contribution in [3.05, 3.63) is 23.9 Å². The summed E-state index contributed by atoms with van der Waals surface area (Å²) >= 11 is 0. The quantitative estimate of drug-likeness (QED) is 0.845. The van der Waals surface area contributed by atoms with Crippen LogP contribution in [0.25, 0.3) is 0 Å². The van der Waals surface area contributed by atoms with Gasteiger partial charge in [0.1, 0.15) is 0 Å². The molecule has 22 heavy (non-hydrogen) atoms. The fourth-order valence-corrected chi connectivity index (χ4v) is 2.41. The summed E-state index contributed by atoms with van der Waals surface area (Å²) in [5.41, 5.74) is 0.858. The molecule has 2 heterocycles. The fourth-order valence-electron chi connectivity index (χ4n) is 2.41. The highest BCUT2D eigenvalue weighted by Gasteiger charge is 2.23. The lowest BCUT2D eigenvalue weighted by molar-refractivity contribution is 0.0860. The minimum Gasteiger partial charge on any atom is -0.475 e. The first kappa shape index (κ1) is 16.5. The third-order valence-electron chi connectivity index (χ3n) is 3.52. The Morgan fingerprint density at radius 3 is 3.00 bits per heavy atom. The smallest absolute Gasteiger partial charge is 0.315 e. The molecule has 122 valence electrons. The number of amides is 2. The van der Waals surface area contributed by atoms with Crippen molar-refractivity contribution in [1.82, 2.24) is 15.6 Å². The fraction of sp³-hybridized carbons (Fsp3) is 0.625. The second kappa shape index (κ2) is 7.98. The van der Waals surface area contributed by atoms with E-state index in [-0.39, 0.29) is 24.3 Å². The van der Waals surface area contributed by atoms with Crippen LogP contribution in [0.3, 0.4) is 0 Å². The van der Waals surface area contributed by atoms with E-state index in [9.17, 15) is 4.79 Å². The zero-order valence-corrected chi connectivity index (χ0v) is 13.5. The van der Waals surface area contributed by atoms with Gasteiger partial charge in [-0.15, -0.1) is 0 Å². The largest absolute Gasteiger partial charge is 0.475 e. The van der Waals surface area contributed by atoms with E-state index in [4.69, 9.17) is 9.47 Å². The molecular weight excluding hydrogens is 282 g/mol. The average Bonchev–Trinajstić information content (AvgIpc) is 3.00. The van der Waals surface area contributed by atoms with Crippen LogP contribution in [0, 0.1) is 0 Å². The van der Waals surface area contributed by atoms with E-state index in [2.05, 4.69) is 15.6 Å². The Morgan fingerprint density at radius 1 is 1.50 bits per heavy atom. The molecule has 2 unspecified atom stereocenters. The van der Waals surface area contributed by atoms with Crippen molar-refractivity contribution in [2.45, 2.75) is 58.4 Å². The lowest BCUT2D eigenvalue weighted by Crippen LogP contribution is -2.45. The highest BCUT2D eigenvalue weighted by molar-refractivity contribution is 5.74. The summed E-state index contributed by atoms with van der Waals surface area (Å²) < 4.78 is 11.2. The monoisotopic (exact) mass is 307 g/mol. The van der Waals surface area contributed by atoms with E-state index in [0.717, 1.165) is 25.0 Å². The van der Waals surface area contributed by atoms with Crippen LogP contribution in [-0.4, -0.2) is 35.9 Å². The van der Waals surface area contributed by atoms with Gasteiger partial charge < -0.3 is 20.1 Å². The Balaban J connectivity index is 1.83. The first-order chi connectivity index (χ1) is 10.6. The minimum absolute atomic E-state index is 0.00258. The number of rotatable bonds is 6. The molecule has 0 aliphatic carbocycles. The molecule has 1 aliphatic rings. The zero-order valence-electron chi connectivity index (χ0n) is 13.5. The summed E-state index contributed by atoms with van der Waals surface area (Å²) in [5.74, 6) is 0.560. The molecule has 2 N–H and O–H groups in total. The van der Waals surface area contributed by atoms with Crippen LogP contribution in [0.5, 0.6) is 5.88 Å². The van der Waals surface area contributed by atoms with Crippen LogP contribution in [0.15, 0.2) is 18.3 Å². The maximum atomic E-state index is 12.0. The summed E-state index contributed by atoms with van der Waals surface area (Å²) in [5, 5.41) is 5.76. The number of hydrogen-bond donors (Lipinski definition) is 2. The molecule has 2 amide bonds. The van der Waals surface area contributed by atoms with Crippen molar-refractivity contribution in [2.24, 2.45) is 0 Å². The number of ether oxygens (including phenoxy) is 2. The lowest BCUT2D eigenvalue weighted by Gasteiger charge is -2.20. The molecule has 1 aromatic heterocycles. The summed E-state index contributed by atoms with van der Waals surface area (Å²) in [4.78, 5) is 16.2. The topological polar surface area (TPSA) is 72.5 Å². The van der Waals surface area contributed by atoms with Crippen LogP contribution in [0.2, 0.25) is 0 Å². The number of nitrogens with one attached hydrogen (secondary N) is 2. The van der Waals surface area contributed by atoms with E-state index >= 15 is 0 Å². The van der Waals surface area contributed by atoms with Gasteiger partial charge in [0.15, 0.2) is 0 Å². The van der Waals surface area contributed by atoms with Crippen LogP contribution in [0.1, 0.15) is 39.2 Å². The molecule has 0 aromatic carbocycles. The van der Waals surface area contributed by atoms with Crippen molar-refractivity contribution in [3.8, 4) is 5.88 Å². The third-order valence-corrected chi connectivity index (χ3v) is 3.52. The average molecular weight is 307 g/mol. The van der Waals surface area contributed by atoms with Crippen molar-refractivity contribution in [2.75, 3.05) is 6.61 Å². The summed E-state index contributed by atoms with van der Waals surface area (Å²) in [6.45, 7) is 7.01. The number of hydrogen-bond acceptors (Lipinski definition) is 4. The Labute approximate surface area is 131 Å². The predicted octanol–water partition coefficient (Wildman–Crippen LogP) is 2.24. The van der Waals surface area contributed by atoms with Gasteiger partial charge in [0, 0.05) is 24.9 Å². The second-order valence-corrected chi connectivity index (χ2v) is 5.80. The van der Waals surface area contributed by atoms with Gasteiger partial charge in [-0.2, -0.15) is 0 Å². The third kappa shape index (κ3) is 4.87. The van der Waals surface area contributed by atoms with Crippen LogP contribution in [-0.2, 0) is 11.3 Å². The van der Waals surface area contributed by atoms with E-state index in [0.29, 0.717) is 12.4 Å². The molecule has 2 rings (SSSR count). The number of aromatic nitrogens is 1. The van der Waals surface area contributed by atoms with Gasteiger partial charge in [-0.25, -0.2) is 9.78 Å². The van der Waals surface area contributed by atoms with Crippen molar-refractivity contribution < 1.29 is 14.3 Å². The summed E-state index contributed by atoms with van der Waals surface area (Å²) in [6, 6.07) is 3.52. The molecule has 1 aromatic rings. The van der Waals surface area contributed by atoms with Gasteiger partial charge in [0.2, 0.25) is 5.88 Å². The molecule has 0 bridgehead atoms. The van der Waals surface area contributed by atoms with Gasteiger partial charge in [-0.1, -0.05) is 6.07 Å². The molecular formula is C16H25N3O3. The molecule has 1 fully saturated rings. The normalized spacial score (nSPS) is 19.0. The Hall–Kier alpha value is -1.82. The Bertz CT molecular complexity index is 487. The van der Waals surface area contributed by atoms with Gasteiger partial charge in [-0.05, 0) is 39.7 Å². The summed E-state index contributed by atoms with van der Waals surface area (Å²) in [6.07, 6.45) is 3.90. The number of urea groups is 1. The Kier molecular flexibility index (Phi) is 6.00. The second-order valence-electron chi connectivity index (χ2n) is 5.80. The maximum Gasteiger partial charge on any atom is 0.315 e. The molecule has 0 radical (unpaired) electrons. The SMILES string of the molecule is CC(C)Oc1ncccc1CNC(=O)NC(C)C1CCCO1. The Morgan fingerprint density at radius 2 is 2.32 bits per heavy atom. The molecule has 0 spiro atoms. The molecule has 1 saturated heterocycles. The van der Waals surface area contributed by atoms with Crippen LogP contribution in [0.4, 0.5) is 4.79 Å². The highest BCUT2D eigenvalue weighted by Crippen LogP contribution is 2.16. The van der Waals surface area contributed by atoms with Crippen LogP contribution < -0.4 is 15.4 Å². The van der Waals surface area contributed by atoms with Crippen molar-refractivity contribution in [3.63, 3.8) is 0 Å². The van der Waals surface area contributed by atoms with E-state index in [1.54, 1.807) is 6.20 Å². The van der Waals surface area contributed by atoms with E-state index < -0.39 is 0 Å². The predicted molar refractivity (Wildman–Crippen MR) is 83.8 cm³/mol. The van der Waals surface area contributed by atoms with Crippen LogP contribution >= 0.6 is 0 Å². The van der Waals surface area contributed by atoms with Gasteiger partial charge in [0.05, 0.1) is 18.2 Å². The molecule has 2 atom stereocenters. The summed E-state index contributed by atoms with van der Waals surface area (Å²) in [7, 11) is 0. The molecule has 6 heteroatoms. The van der Waals surface area contributed by atoms with Crippen molar-refractivity contribution >= 4 is 6.03 Å². The maximum absolute atomic E-state index is 12.0.